The summed E-state index contributed by atoms with van der Waals surface area (Å²) in [7, 11) is 4.61. The van der Waals surface area contributed by atoms with E-state index in [0.29, 0.717) is 5.92 Å². The fraction of sp³-hybridized carbons (Fsp3) is 0.487. The van der Waals surface area contributed by atoms with Crippen LogP contribution >= 0.6 is 0 Å². The molecule has 2 rings (SSSR count). The molecule has 1 aromatic carbocycles. The Kier molecular flexibility index (Phi) is 33.5. The zero-order valence-corrected chi connectivity index (χ0v) is 37.2. The van der Waals surface area contributed by atoms with Gasteiger partial charge in [-0.15, -0.1) is 25.7 Å². The first-order valence-corrected chi connectivity index (χ1v) is 16.8. The Bertz CT molecular complexity index is 1030. The van der Waals surface area contributed by atoms with Gasteiger partial charge in [-0.3, -0.25) is 16.4 Å². The first kappa shape index (κ1) is 48.9. The summed E-state index contributed by atoms with van der Waals surface area (Å²) >= 11 is 0. The van der Waals surface area contributed by atoms with E-state index in [-0.39, 0.29) is 68.9 Å². The zero-order chi connectivity index (χ0) is 35.3. The molecule has 0 aromatic heterocycles. The molecule has 1 aliphatic rings. The second-order valence-electron chi connectivity index (χ2n) is 11.9. The van der Waals surface area contributed by atoms with Gasteiger partial charge in [-0.25, -0.2) is 0 Å². The Morgan fingerprint density at radius 2 is 1.31 bits per heavy atom. The van der Waals surface area contributed by atoms with Crippen molar-refractivity contribution < 1.29 is 68.9 Å². The molecule has 1 aliphatic heterocycles. The van der Waals surface area contributed by atoms with E-state index in [9.17, 15) is 0 Å². The monoisotopic (exact) mass is 775 g/mol. The summed E-state index contributed by atoms with van der Waals surface area (Å²) in [6.07, 6.45) is 8.32. The standard InChI is InChI=1S/C35H57N6.C2H3B.C2H5N.Cs/c1-8-18-39-21-25-40(29-31(4)5)23-19-38(10-3)20-24-41(26-22-39)30-33(7)37-28-34(9-2)27-36-32(6)16-17-35-14-12-11-13-15-35;2*1-2-3;/h9,11-15,34,36-37H,1-2,4,6-7,10,16-30H2,3,5H3;2H,1H2;2H,1,3H2;/q-1;;;+1. The zero-order valence-electron chi connectivity index (χ0n) is 30.9. The van der Waals surface area contributed by atoms with Crippen LogP contribution in [0.15, 0.2) is 112 Å². The van der Waals surface area contributed by atoms with Crippen molar-refractivity contribution in [2.24, 2.45) is 11.7 Å². The van der Waals surface area contributed by atoms with Crippen LogP contribution in [0.2, 0.25) is 0 Å². The third-order valence-corrected chi connectivity index (χ3v) is 7.74. The number of rotatable bonds is 17. The molecule has 260 valence electrons. The number of nitrogens with one attached hydrogen (secondary N) is 2. The van der Waals surface area contributed by atoms with Crippen molar-refractivity contribution in [3.05, 3.63) is 123 Å². The molecule has 0 amide bonds. The number of benzene rings is 1. The van der Waals surface area contributed by atoms with Gasteiger partial charge in [0.25, 0.3) is 0 Å². The van der Waals surface area contributed by atoms with Gasteiger partial charge in [0.2, 0.25) is 0 Å². The largest absolute Gasteiger partial charge is 1.00 e. The van der Waals surface area contributed by atoms with E-state index >= 15 is 0 Å². The second-order valence-corrected chi connectivity index (χ2v) is 11.9. The van der Waals surface area contributed by atoms with Crippen LogP contribution < -0.4 is 85.3 Å². The maximum absolute atomic E-state index is 4.61. The summed E-state index contributed by atoms with van der Waals surface area (Å²) in [6, 6.07) is 10.6. The van der Waals surface area contributed by atoms with Crippen molar-refractivity contribution >= 4 is 7.85 Å². The Morgan fingerprint density at radius 3 is 1.77 bits per heavy atom. The van der Waals surface area contributed by atoms with Gasteiger partial charge < -0.3 is 32.2 Å². The van der Waals surface area contributed by atoms with E-state index in [1.165, 1.54) is 23.3 Å². The minimum atomic E-state index is 0. The molecule has 48 heavy (non-hydrogen) atoms. The normalized spacial score (nSPS) is 15.5. The average Bonchev–Trinajstić information content (AvgIpc) is 3.05. The maximum Gasteiger partial charge on any atom is 1.00 e. The van der Waals surface area contributed by atoms with Crippen LogP contribution in [0, 0.1) is 12.0 Å². The van der Waals surface area contributed by atoms with Crippen LogP contribution in [0.25, 0.3) is 0 Å². The van der Waals surface area contributed by atoms with Gasteiger partial charge in [0, 0.05) is 95.8 Å². The predicted molar refractivity (Wildman–Crippen MR) is 208 cm³/mol. The molecule has 9 heteroatoms. The van der Waals surface area contributed by atoms with E-state index in [4.69, 9.17) is 0 Å². The first-order chi connectivity index (χ1) is 22.6. The van der Waals surface area contributed by atoms with E-state index in [1.807, 2.05) is 6.08 Å². The smallest absolute Gasteiger partial charge is 0.489 e. The topological polar surface area (TPSA) is 63.0 Å². The van der Waals surface area contributed by atoms with Gasteiger partial charge in [0.1, 0.15) is 7.85 Å². The molecule has 1 atom stereocenters. The summed E-state index contributed by atoms with van der Waals surface area (Å²) in [6.45, 7) is 44.9. The summed E-state index contributed by atoms with van der Waals surface area (Å²) in [4.78, 5) is 10.1. The van der Waals surface area contributed by atoms with Crippen molar-refractivity contribution in [3.8, 4) is 0 Å². The minimum Gasteiger partial charge on any atom is -0.489 e. The quantitative estimate of drug-likeness (QED) is 0.127. The molecule has 1 saturated heterocycles. The molecule has 0 spiro atoms. The number of allylic oxidation sites excluding steroid dienone is 1. The Hall–Kier alpha value is -1.24. The van der Waals surface area contributed by atoms with Crippen molar-refractivity contribution in [2.45, 2.75) is 26.7 Å². The number of nitrogens with two attached hydrogens (primary N) is 1. The van der Waals surface area contributed by atoms with Crippen LogP contribution in [0.4, 0.5) is 0 Å². The molecular formula is C39H65BCsN7. The fourth-order valence-electron chi connectivity index (χ4n) is 5.05. The molecule has 2 radical (unpaired) electrons. The van der Waals surface area contributed by atoms with Crippen molar-refractivity contribution in [3.63, 3.8) is 0 Å². The third kappa shape index (κ3) is 26.6. The number of hydrogen-bond donors (Lipinski definition) is 3. The summed E-state index contributed by atoms with van der Waals surface area (Å²) in [5.74, 6) is 1.54. The molecule has 0 saturated carbocycles. The number of likely N-dealkylation sites (N-methyl/N-ethyl adjacent to an activating group) is 1. The molecule has 4 N–H and O–H groups in total. The van der Waals surface area contributed by atoms with Crippen LogP contribution in [-0.4, -0.2) is 119 Å². The molecular weight excluding hydrogens is 710 g/mol. The van der Waals surface area contributed by atoms with Gasteiger partial charge in [0.15, 0.2) is 0 Å². The van der Waals surface area contributed by atoms with Gasteiger partial charge in [-0.1, -0.05) is 75.2 Å². The SMILES string of the molecule is C=CN.C=[C-]CN1CCN(CC(=C)C)CCN(CC)CCN(CC(=C)NCC(C=C)CNC(=C)CCc2ccccc2)CC1.[B]C=C.[Cs+]. The maximum atomic E-state index is 4.61. The van der Waals surface area contributed by atoms with E-state index in [0.717, 1.165) is 116 Å². The van der Waals surface area contributed by atoms with Gasteiger partial charge in [0.05, 0.1) is 0 Å². The Balaban J connectivity index is 0. The molecule has 1 fully saturated rings. The summed E-state index contributed by atoms with van der Waals surface area (Å²) in [5.41, 5.74) is 9.31. The molecule has 7 nitrogen and oxygen atoms in total. The van der Waals surface area contributed by atoms with Crippen LogP contribution in [0.5, 0.6) is 0 Å². The molecule has 0 aliphatic carbocycles. The Morgan fingerprint density at radius 1 is 0.854 bits per heavy atom. The van der Waals surface area contributed by atoms with E-state index < -0.39 is 0 Å². The van der Waals surface area contributed by atoms with Crippen molar-refractivity contribution in [2.75, 3.05) is 91.6 Å². The first-order valence-electron chi connectivity index (χ1n) is 16.8. The third-order valence-electron chi connectivity index (χ3n) is 7.74. The van der Waals surface area contributed by atoms with Crippen molar-refractivity contribution in [1.82, 2.24) is 30.2 Å². The van der Waals surface area contributed by atoms with Crippen LogP contribution in [0.3, 0.4) is 0 Å². The average molecular weight is 776 g/mol. The molecule has 0 bridgehead atoms. The number of aryl methyl sites for hydroxylation is 1. The minimum absolute atomic E-state index is 0. The van der Waals surface area contributed by atoms with Crippen LogP contribution in [-0.2, 0) is 6.42 Å². The predicted octanol–water partition coefficient (Wildman–Crippen LogP) is 1.83. The molecule has 1 unspecified atom stereocenters. The van der Waals surface area contributed by atoms with Gasteiger partial charge in [-0.05, 0) is 38.1 Å². The van der Waals surface area contributed by atoms with Crippen LogP contribution in [0.1, 0.15) is 25.8 Å². The van der Waals surface area contributed by atoms with Gasteiger partial charge in [-0.2, -0.15) is 0 Å². The van der Waals surface area contributed by atoms with E-state index in [1.54, 1.807) is 0 Å². The molecule has 1 aromatic rings. The second kappa shape index (κ2) is 32.9. The number of hydrogen-bond acceptors (Lipinski definition) is 7. The van der Waals surface area contributed by atoms with E-state index in [2.05, 4.69) is 140 Å². The Labute approximate surface area is 356 Å². The summed E-state index contributed by atoms with van der Waals surface area (Å²) < 4.78 is 0. The number of nitrogens with zero attached hydrogens (tertiary/aromatic N) is 4. The molecule has 1 heterocycles. The fourth-order valence-corrected chi connectivity index (χ4v) is 5.05. The summed E-state index contributed by atoms with van der Waals surface area (Å²) in [5, 5.41) is 7.11. The van der Waals surface area contributed by atoms with Gasteiger partial charge >= 0.3 is 68.9 Å². The van der Waals surface area contributed by atoms with Crippen molar-refractivity contribution in [1.29, 1.82) is 0 Å².